The molecule has 0 rings (SSSR count). The summed E-state index contributed by atoms with van der Waals surface area (Å²) in [6, 6.07) is 0. The van der Waals surface area contributed by atoms with E-state index in [-0.39, 0.29) is 0 Å². The van der Waals surface area contributed by atoms with Crippen LogP contribution in [-0.4, -0.2) is 8.32 Å². The van der Waals surface area contributed by atoms with E-state index in [1.165, 1.54) is 6.42 Å². The molecule has 0 saturated carbocycles. The molecule has 1 nitrogen and oxygen atoms in total. The van der Waals surface area contributed by atoms with E-state index in [1.807, 2.05) is 12.3 Å². The minimum absolute atomic E-state index is 1.09. The second-order valence-corrected chi connectivity index (χ2v) is 8.28. The van der Waals surface area contributed by atoms with Gasteiger partial charge in [0, 0.05) is 0 Å². The van der Waals surface area contributed by atoms with E-state index in [1.54, 1.807) is 0 Å². The van der Waals surface area contributed by atoms with Gasteiger partial charge in [0.25, 0.3) is 0 Å². The quantitative estimate of drug-likeness (QED) is 0.265. The molecule has 0 radical (unpaired) electrons. The smallest absolute Gasteiger partial charge is 0.241 e. The Kier molecular flexibility index (Phi) is 5.81. The minimum atomic E-state index is -1.33. The van der Waals surface area contributed by atoms with E-state index in [0.29, 0.717) is 0 Å². The average Bonchev–Trinajstić information content (AvgIpc) is 1.94. The Bertz CT molecular complexity index is 144. The molecule has 0 atom stereocenters. The van der Waals surface area contributed by atoms with Crippen molar-refractivity contribution in [1.82, 2.24) is 0 Å². The predicted octanol–water partition coefficient (Wildman–Crippen LogP) is 3.71. The molecular formula is C10H20OSi. The molecule has 0 aromatic heterocycles. The van der Waals surface area contributed by atoms with Gasteiger partial charge >= 0.3 is 0 Å². The standard InChI is InChI=1S/C10H20OSi/c1-5-6-7-8-9-10-11-12(2,3)4/h5,9-10H,1,6-8H2,2-4H3. The maximum absolute atomic E-state index is 5.54. The summed E-state index contributed by atoms with van der Waals surface area (Å²) >= 11 is 0. The highest BCUT2D eigenvalue weighted by molar-refractivity contribution is 6.69. The Morgan fingerprint density at radius 2 is 1.92 bits per heavy atom. The first-order valence-electron chi connectivity index (χ1n) is 4.50. The van der Waals surface area contributed by atoms with Crippen molar-refractivity contribution in [2.24, 2.45) is 0 Å². The molecule has 0 amide bonds. The van der Waals surface area contributed by atoms with Crippen LogP contribution in [0.5, 0.6) is 0 Å². The van der Waals surface area contributed by atoms with Gasteiger partial charge in [-0.15, -0.1) is 6.58 Å². The lowest BCUT2D eigenvalue weighted by Gasteiger charge is -2.14. The van der Waals surface area contributed by atoms with E-state index in [4.69, 9.17) is 4.43 Å². The van der Waals surface area contributed by atoms with E-state index >= 15 is 0 Å². The lowest BCUT2D eigenvalue weighted by Crippen LogP contribution is -2.21. The van der Waals surface area contributed by atoms with Gasteiger partial charge in [0.15, 0.2) is 0 Å². The number of hydrogen-bond donors (Lipinski definition) is 0. The molecule has 0 heterocycles. The average molecular weight is 184 g/mol. The third kappa shape index (κ3) is 9.50. The fourth-order valence-corrected chi connectivity index (χ4v) is 1.20. The van der Waals surface area contributed by atoms with Crippen molar-refractivity contribution in [3.05, 3.63) is 25.0 Å². The summed E-state index contributed by atoms with van der Waals surface area (Å²) in [5.74, 6) is 0. The molecule has 0 aliphatic rings. The number of allylic oxidation sites excluding steroid dienone is 2. The highest BCUT2D eigenvalue weighted by atomic mass is 28.4. The van der Waals surface area contributed by atoms with E-state index < -0.39 is 8.32 Å². The minimum Gasteiger partial charge on any atom is -0.550 e. The zero-order valence-electron chi connectivity index (χ0n) is 8.47. The van der Waals surface area contributed by atoms with Gasteiger partial charge < -0.3 is 4.43 Å². The highest BCUT2D eigenvalue weighted by Gasteiger charge is 2.12. The molecule has 0 aromatic rings. The summed E-state index contributed by atoms with van der Waals surface area (Å²) in [5, 5.41) is 0. The van der Waals surface area contributed by atoms with Crippen molar-refractivity contribution < 1.29 is 4.43 Å². The van der Waals surface area contributed by atoms with Crippen molar-refractivity contribution in [2.45, 2.75) is 38.9 Å². The van der Waals surface area contributed by atoms with Gasteiger partial charge in [0.1, 0.15) is 0 Å². The Labute approximate surface area is 77.3 Å². The van der Waals surface area contributed by atoms with Crippen LogP contribution < -0.4 is 0 Å². The van der Waals surface area contributed by atoms with Crippen LogP contribution in [0.25, 0.3) is 0 Å². The molecule has 0 aliphatic heterocycles. The van der Waals surface area contributed by atoms with Crippen LogP contribution in [0, 0.1) is 0 Å². The normalized spacial score (nSPS) is 11.9. The third-order valence-corrected chi connectivity index (χ3v) is 2.14. The fourth-order valence-electron chi connectivity index (χ4n) is 0.700. The molecule has 0 spiro atoms. The van der Waals surface area contributed by atoms with Gasteiger partial charge in [-0.25, -0.2) is 0 Å². The van der Waals surface area contributed by atoms with Gasteiger partial charge in [-0.3, -0.25) is 0 Å². The summed E-state index contributed by atoms with van der Waals surface area (Å²) < 4.78 is 5.54. The first kappa shape index (κ1) is 11.5. The van der Waals surface area contributed by atoms with Crippen LogP contribution in [0.15, 0.2) is 25.0 Å². The SMILES string of the molecule is C=CCCCC=CO[Si](C)(C)C. The van der Waals surface area contributed by atoms with Gasteiger partial charge in [-0.05, 0) is 38.9 Å². The van der Waals surface area contributed by atoms with Gasteiger partial charge in [-0.2, -0.15) is 0 Å². The number of rotatable bonds is 6. The molecule has 0 bridgehead atoms. The zero-order chi connectivity index (χ0) is 9.45. The summed E-state index contributed by atoms with van der Waals surface area (Å²) in [5.41, 5.74) is 0. The molecule has 0 aromatic carbocycles. The molecular weight excluding hydrogens is 164 g/mol. The van der Waals surface area contributed by atoms with Crippen LogP contribution in [0.3, 0.4) is 0 Å². The largest absolute Gasteiger partial charge is 0.550 e. The second-order valence-electron chi connectivity index (χ2n) is 3.82. The summed E-state index contributed by atoms with van der Waals surface area (Å²) in [4.78, 5) is 0. The van der Waals surface area contributed by atoms with Crippen molar-refractivity contribution in [2.75, 3.05) is 0 Å². The molecule has 0 unspecified atom stereocenters. The Hall–Kier alpha value is -0.503. The number of hydrogen-bond acceptors (Lipinski definition) is 1. The lowest BCUT2D eigenvalue weighted by molar-refractivity contribution is 0.476. The van der Waals surface area contributed by atoms with E-state index in [2.05, 4.69) is 32.3 Å². The highest BCUT2D eigenvalue weighted by Crippen LogP contribution is 2.04. The topological polar surface area (TPSA) is 9.23 Å². The van der Waals surface area contributed by atoms with Crippen molar-refractivity contribution in [3.8, 4) is 0 Å². The fraction of sp³-hybridized carbons (Fsp3) is 0.600. The maximum Gasteiger partial charge on any atom is 0.241 e. The van der Waals surface area contributed by atoms with Crippen LogP contribution in [0.4, 0.5) is 0 Å². The Morgan fingerprint density at radius 1 is 1.25 bits per heavy atom. The lowest BCUT2D eigenvalue weighted by atomic mass is 10.2. The van der Waals surface area contributed by atoms with Crippen molar-refractivity contribution in [3.63, 3.8) is 0 Å². The van der Waals surface area contributed by atoms with E-state index in [0.717, 1.165) is 12.8 Å². The Morgan fingerprint density at radius 3 is 2.42 bits per heavy atom. The van der Waals surface area contributed by atoms with Gasteiger partial charge in [0.05, 0.1) is 6.26 Å². The Balaban J connectivity index is 3.31. The van der Waals surface area contributed by atoms with Crippen LogP contribution in [-0.2, 0) is 4.43 Å². The molecule has 0 fully saturated rings. The molecule has 12 heavy (non-hydrogen) atoms. The third-order valence-electron chi connectivity index (χ3n) is 1.30. The van der Waals surface area contributed by atoms with Crippen molar-refractivity contribution >= 4 is 8.32 Å². The zero-order valence-corrected chi connectivity index (χ0v) is 9.47. The first-order valence-corrected chi connectivity index (χ1v) is 7.91. The summed E-state index contributed by atoms with van der Waals surface area (Å²) in [7, 11) is -1.33. The first-order chi connectivity index (χ1) is 5.56. The van der Waals surface area contributed by atoms with E-state index in [9.17, 15) is 0 Å². The molecule has 70 valence electrons. The van der Waals surface area contributed by atoms with Crippen LogP contribution >= 0.6 is 0 Å². The predicted molar refractivity (Wildman–Crippen MR) is 57.6 cm³/mol. The molecule has 0 N–H and O–H groups in total. The summed E-state index contributed by atoms with van der Waals surface area (Å²) in [6.45, 7) is 10.2. The second kappa shape index (κ2) is 6.06. The van der Waals surface area contributed by atoms with Crippen LogP contribution in [0.1, 0.15) is 19.3 Å². The molecule has 0 saturated heterocycles. The monoisotopic (exact) mass is 184 g/mol. The van der Waals surface area contributed by atoms with Gasteiger partial charge in [0.2, 0.25) is 8.32 Å². The van der Waals surface area contributed by atoms with Crippen LogP contribution in [0.2, 0.25) is 19.6 Å². The molecule has 2 heteroatoms. The van der Waals surface area contributed by atoms with Crippen molar-refractivity contribution in [1.29, 1.82) is 0 Å². The van der Waals surface area contributed by atoms with Gasteiger partial charge in [-0.1, -0.05) is 12.2 Å². The number of unbranched alkanes of at least 4 members (excludes halogenated alkanes) is 2. The molecule has 0 aliphatic carbocycles. The summed E-state index contributed by atoms with van der Waals surface area (Å²) in [6.07, 6.45) is 9.27. The maximum atomic E-state index is 5.54.